The van der Waals surface area contributed by atoms with Gasteiger partial charge in [0, 0.05) is 13.1 Å². The summed E-state index contributed by atoms with van der Waals surface area (Å²) in [4.78, 5) is 20.9. The predicted molar refractivity (Wildman–Crippen MR) is 62.8 cm³/mol. The van der Waals surface area contributed by atoms with Crippen LogP contribution in [0.5, 0.6) is 0 Å². The van der Waals surface area contributed by atoms with E-state index in [-0.39, 0.29) is 16.9 Å². The second-order valence-electron chi connectivity index (χ2n) is 3.58. The van der Waals surface area contributed by atoms with E-state index in [4.69, 9.17) is 5.73 Å². The summed E-state index contributed by atoms with van der Waals surface area (Å²) in [7, 11) is 1.51. The van der Waals surface area contributed by atoms with Crippen LogP contribution >= 0.6 is 0 Å². The number of nitro groups is 1. The molecule has 18 heavy (non-hydrogen) atoms. The number of nitro benzene ring substituents is 1. The third-order valence-electron chi connectivity index (χ3n) is 2.42. The van der Waals surface area contributed by atoms with Crippen molar-refractivity contribution >= 4 is 17.3 Å². The van der Waals surface area contributed by atoms with Crippen LogP contribution < -0.4 is 11.1 Å². The molecule has 8 heteroatoms. The van der Waals surface area contributed by atoms with Gasteiger partial charge in [0.2, 0.25) is 5.91 Å². The Morgan fingerprint density at radius 1 is 1.50 bits per heavy atom. The van der Waals surface area contributed by atoms with Gasteiger partial charge in [0.25, 0.3) is 5.69 Å². The average molecular weight is 255 g/mol. The predicted octanol–water partition coefficient (Wildman–Crippen LogP) is -0.484. The zero-order valence-corrected chi connectivity index (χ0v) is 9.53. The van der Waals surface area contributed by atoms with Gasteiger partial charge in [0.15, 0.2) is 6.10 Å². The zero-order chi connectivity index (χ0) is 13.9. The van der Waals surface area contributed by atoms with Gasteiger partial charge < -0.3 is 21.3 Å². The highest BCUT2D eigenvalue weighted by atomic mass is 16.6. The summed E-state index contributed by atoms with van der Waals surface area (Å²) in [6.45, 7) is 0. The van der Waals surface area contributed by atoms with Crippen molar-refractivity contribution in [1.29, 1.82) is 0 Å². The van der Waals surface area contributed by atoms with Gasteiger partial charge in [0.05, 0.1) is 4.92 Å². The summed E-state index contributed by atoms with van der Waals surface area (Å²) in [6.07, 6.45) is -3.42. The molecule has 1 aromatic carbocycles. The Balaban J connectivity index is 3.15. The number of hydrogen-bond acceptors (Lipinski definition) is 6. The summed E-state index contributed by atoms with van der Waals surface area (Å²) in [5, 5.41) is 32.3. The van der Waals surface area contributed by atoms with Crippen LogP contribution in [0.3, 0.4) is 0 Å². The minimum Gasteiger partial charge on any atom is -0.385 e. The minimum absolute atomic E-state index is 0.0343. The number of nitrogens with one attached hydrogen (secondary N) is 1. The van der Waals surface area contributed by atoms with E-state index in [0.717, 1.165) is 6.07 Å². The maximum Gasteiger partial charge on any atom is 0.292 e. The van der Waals surface area contributed by atoms with Crippen LogP contribution in [-0.4, -0.2) is 34.2 Å². The van der Waals surface area contributed by atoms with Crippen LogP contribution in [0.1, 0.15) is 11.7 Å². The first-order chi connectivity index (χ1) is 8.38. The zero-order valence-electron chi connectivity index (χ0n) is 9.53. The largest absolute Gasteiger partial charge is 0.385 e. The number of amides is 1. The molecule has 0 radical (unpaired) electrons. The molecular weight excluding hydrogens is 242 g/mol. The Labute approximate surface area is 102 Å². The van der Waals surface area contributed by atoms with Gasteiger partial charge in [-0.3, -0.25) is 14.9 Å². The van der Waals surface area contributed by atoms with Crippen LogP contribution in [-0.2, 0) is 4.79 Å². The first kappa shape index (κ1) is 13.9. The lowest BCUT2D eigenvalue weighted by molar-refractivity contribution is -0.384. The third-order valence-corrected chi connectivity index (χ3v) is 2.42. The molecule has 0 aromatic heterocycles. The van der Waals surface area contributed by atoms with Crippen molar-refractivity contribution in [1.82, 2.24) is 0 Å². The number of hydrogen-bond donors (Lipinski definition) is 4. The molecule has 1 amide bonds. The Kier molecular flexibility index (Phi) is 4.18. The molecule has 0 heterocycles. The second-order valence-corrected chi connectivity index (χ2v) is 3.58. The smallest absolute Gasteiger partial charge is 0.292 e. The van der Waals surface area contributed by atoms with E-state index in [0.29, 0.717) is 0 Å². The molecule has 0 saturated heterocycles. The topological polar surface area (TPSA) is 139 Å². The first-order valence-corrected chi connectivity index (χ1v) is 5.00. The maximum atomic E-state index is 10.8. The van der Waals surface area contributed by atoms with Crippen LogP contribution in [0.4, 0.5) is 11.4 Å². The molecule has 98 valence electrons. The Morgan fingerprint density at radius 2 is 2.11 bits per heavy atom. The highest BCUT2D eigenvalue weighted by Crippen LogP contribution is 2.28. The number of benzene rings is 1. The summed E-state index contributed by atoms with van der Waals surface area (Å²) < 4.78 is 0. The van der Waals surface area contributed by atoms with Crippen LogP contribution in [0.15, 0.2) is 18.2 Å². The van der Waals surface area contributed by atoms with Crippen LogP contribution in [0, 0.1) is 10.1 Å². The number of carbonyl (C=O) groups excluding carboxylic acids is 1. The minimum atomic E-state index is -1.81. The molecule has 2 unspecified atom stereocenters. The van der Waals surface area contributed by atoms with Gasteiger partial charge in [-0.2, -0.15) is 0 Å². The standard InChI is InChI=1S/C10H13N3O5/c1-12-6-3-2-5(4-7(6)13(17)18)8(14)9(15)10(11)16/h2-4,8-9,12,14-15H,1H3,(H2,11,16). The molecule has 1 aromatic rings. The van der Waals surface area contributed by atoms with Gasteiger partial charge in [-0.25, -0.2) is 0 Å². The van der Waals surface area contributed by atoms with Gasteiger partial charge in [-0.15, -0.1) is 0 Å². The quantitative estimate of drug-likeness (QED) is 0.414. The average Bonchev–Trinajstić information content (AvgIpc) is 2.35. The maximum absolute atomic E-state index is 10.8. The van der Waals surface area contributed by atoms with Crippen molar-refractivity contribution in [2.75, 3.05) is 12.4 Å². The fraction of sp³-hybridized carbons (Fsp3) is 0.300. The van der Waals surface area contributed by atoms with E-state index in [2.05, 4.69) is 5.32 Å². The summed E-state index contributed by atoms with van der Waals surface area (Å²) in [5.41, 5.74) is 4.85. The van der Waals surface area contributed by atoms with E-state index >= 15 is 0 Å². The van der Waals surface area contributed by atoms with Gasteiger partial charge in [-0.05, 0) is 11.6 Å². The SMILES string of the molecule is CNc1ccc(C(O)C(O)C(N)=O)cc1[N+](=O)[O-]. The molecule has 0 aliphatic carbocycles. The van der Waals surface area contributed by atoms with Gasteiger partial charge >= 0.3 is 0 Å². The molecule has 1 rings (SSSR count). The molecule has 0 aliphatic heterocycles. The fourth-order valence-corrected chi connectivity index (χ4v) is 1.43. The summed E-state index contributed by atoms with van der Waals surface area (Å²) in [5.74, 6) is -1.11. The van der Waals surface area contributed by atoms with Gasteiger partial charge in [0.1, 0.15) is 11.8 Å². The number of nitrogens with zero attached hydrogens (tertiary/aromatic N) is 1. The second kappa shape index (κ2) is 5.43. The monoisotopic (exact) mass is 255 g/mol. The Bertz CT molecular complexity index is 477. The van der Waals surface area contributed by atoms with Crippen molar-refractivity contribution in [2.24, 2.45) is 5.73 Å². The number of aliphatic hydroxyl groups excluding tert-OH is 2. The Hall–Kier alpha value is -2.19. The normalized spacial score (nSPS) is 13.7. The molecule has 0 aliphatic rings. The number of rotatable bonds is 5. The van der Waals surface area contributed by atoms with Crippen molar-refractivity contribution in [3.05, 3.63) is 33.9 Å². The Morgan fingerprint density at radius 3 is 2.56 bits per heavy atom. The molecule has 0 fully saturated rings. The number of aliphatic hydroxyl groups is 2. The number of nitrogens with two attached hydrogens (primary N) is 1. The third kappa shape index (κ3) is 2.73. The molecule has 5 N–H and O–H groups in total. The highest BCUT2D eigenvalue weighted by Gasteiger charge is 2.25. The molecule has 2 atom stereocenters. The molecular formula is C10H13N3O5. The molecule has 8 nitrogen and oxygen atoms in total. The number of carbonyl (C=O) groups is 1. The van der Waals surface area contributed by atoms with Crippen LogP contribution in [0.2, 0.25) is 0 Å². The molecule has 0 saturated carbocycles. The first-order valence-electron chi connectivity index (χ1n) is 5.00. The van der Waals surface area contributed by atoms with E-state index in [9.17, 15) is 25.1 Å². The lowest BCUT2D eigenvalue weighted by atomic mass is 10.0. The van der Waals surface area contributed by atoms with Crippen molar-refractivity contribution in [3.63, 3.8) is 0 Å². The van der Waals surface area contributed by atoms with Crippen molar-refractivity contribution in [2.45, 2.75) is 12.2 Å². The lowest BCUT2D eigenvalue weighted by Gasteiger charge is -2.15. The summed E-state index contributed by atoms with van der Waals surface area (Å²) >= 11 is 0. The van der Waals surface area contributed by atoms with E-state index in [1.165, 1.54) is 19.2 Å². The van der Waals surface area contributed by atoms with E-state index < -0.39 is 23.0 Å². The van der Waals surface area contributed by atoms with E-state index in [1.54, 1.807) is 0 Å². The lowest BCUT2D eigenvalue weighted by Crippen LogP contribution is -2.33. The van der Waals surface area contributed by atoms with Crippen molar-refractivity contribution < 1.29 is 19.9 Å². The molecule has 0 spiro atoms. The molecule has 0 bridgehead atoms. The number of anilines is 1. The number of primary amides is 1. The van der Waals surface area contributed by atoms with Crippen LogP contribution in [0.25, 0.3) is 0 Å². The van der Waals surface area contributed by atoms with E-state index in [1.807, 2.05) is 0 Å². The summed E-state index contributed by atoms with van der Waals surface area (Å²) in [6, 6.07) is 3.79. The highest BCUT2D eigenvalue weighted by molar-refractivity contribution is 5.79. The van der Waals surface area contributed by atoms with Crippen molar-refractivity contribution in [3.8, 4) is 0 Å². The van der Waals surface area contributed by atoms with Gasteiger partial charge in [-0.1, -0.05) is 6.07 Å². The fourth-order valence-electron chi connectivity index (χ4n) is 1.43.